The van der Waals surface area contributed by atoms with E-state index in [0.29, 0.717) is 12.0 Å². The van der Waals surface area contributed by atoms with Crippen molar-refractivity contribution in [3.05, 3.63) is 57.2 Å². The molecule has 0 heterocycles. The Bertz CT molecular complexity index is 688. The van der Waals surface area contributed by atoms with E-state index in [1.54, 1.807) is 6.07 Å². The summed E-state index contributed by atoms with van der Waals surface area (Å²) >= 11 is 2.20. The van der Waals surface area contributed by atoms with E-state index in [4.69, 9.17) is 4.74 Å². The van der Waals surface area contributed by atoms with Crippen molar-refractivity contribution < 1.29 is 19.0 Å². The van der Waals surface area contributed by atoms with Crippen LogP contribution in [0.5, 0.6) is 0 Å². The lowest BCUT2D eigenvalue weighted by Crippen LogP contribution is -2.17. The molecule has 1 atom stereocenters. The molecular formula is C18H18FIO3. The number of hydrogen-bond donors (Lipinski definition) is 1. The van der Waals surface area contributed by atoms with E-state index in [9.17, 15) is 14.3 Å². The van der Waals surface area contributed by atoms with E-state index in [1.165, 1.54) is 7.11 Å². The summed E-state index contributed by atoms with van der Waals surface area (Å²) < 4.78 is 18.2. The van der Waals surface area contributed by atoms with Gasteiger partial charge in [-0.05, 0) is 50.9 Å². The first-order chi connectivity index (χ1) is 11.1. The van der Waals surface area contributed by atoms with E-state index in [1.807, 2.05) is 36.4 Å². The second-order valence-electron chi connectivity index (χ2n) is 5.13. The highest BCUT2D eigenvalue weighted by Crippen LogP contribution is 2.27. The molecule has 0 radical (unpaired) electrons. The summed E-state index contributed by atoms with van der Waals surface area (Å²) in [6.07, 6.45) is 0.410. The molecule has 0 aliphatic rings. The summed E-state index contributed by atoms with van der Waals surface area (Å²) in [5.41, 5.74) is 3.62. The third-order valence-electron chi connectivity index (χ3n) is 3.71. The minimum atomic E-state index is -0.690. The molecule has 1 N–H and O–H groups in total. The zero-order chi connectivity index (χ0) is 16.8. The molecule has 0 aliphatic carbocycles. The van der Waals surface area contributed by atoms with E-state index in [0.717, 1.165) is 20.3 Å². The normalized spacial score (nSPS) is 12.0. The van der Waals surface area contributed by atoms with Gasteiger partial charge >= 0.3 is 5.97 Å². The number of carbonyl (C=O) groups is 1. The summed E-state index contributed by atoms with van der Waals surface area (Å²) in [5.74, 6) is -1.15. The van der Waals surface area contributed by atoms with Crippen molar-refractivity contribution in [1.29, 1.82) is 0 Å². The van der Waals surface area contributed by atoms with Crippen molar-refractivity contribution >= 4 is 28.6 Å². The molecule has 2 aromatic carbocycles. The van der Waals surface area contributed by atoms with Crippen LogP contribution in [0.25, 0.3) is 11.1 Å². The minimum Gasteiger partial charge on any atom is -0.468 e. The number of alkyl halides is 1. The fraction of sp³-hybridized carbons (Fsp3) is 0.278. The van der Waals surface area contributed by atoms with Gasteiger partial charge in [0.15, 0.2) is 0 Å². The molecule has 5 heteroatoms. The number of carbonyl (C=O) groups excluding carboxylic acids is 1. The fourth-order valence-corrected chi connectivity index (χ4v) is 3.21. The van der Waals surface area contributed by atoms with Crippen molar-refractivity contribution in [2.24, 2.45) is 0 Å². The SMILES string of the molecule is COC(=O)C(CO)c1cccc(-c2ccc(CCF)c(I)c2)c1. The number of hydrogen-bond acceptors (Lipinski definition) is 3. The largest absolute Gasteiger partial charge is 0.468 e. The molecule has 0 aliphatic heterocycles. The quantitative estimate of drug-likeness (QED) is 0.564. The number of esters is 1. The van der Waals surface area contributed by atoms with E-state index >= 15 is 0 Å². The van der Waals surface area contributed by atoms with Crippen LogP contribution in [0, 0.1) is 3.57 Å². The molecule has 0 fully saturated rings. The van der Waals surface area contributed by atoms with Gasteiger partial charge < -0.3 is 9.84 Å². The molecule has 0 amide bonds. The van der Waals surface area contributed by atoms with Gasteiger partial charge in [-0.25, -0.2) is 0 Å². The first kappa shape index (κ1) is 17.9. The number of ether oxygens (including phenoxy) is 1. The fourth-order valence-electron chi connectivity index (χ4n) is 2.42. The van der Waals surface area contributed by atoms with Gasteiger partial charge in [-0.3, -0.25) is 9.18 Å². The highest BCUT2D eigenvalue weighted by Gasteiger charge is 2.20. The number of halogens is 2. The van der Waals surface area contributed by atoms with Gasteiger partial charge in [0.1, 0.15) is 5.92 Å². The number of aliphatic hydroxyl groups is 1. The van der Waals surface area contributed by atoms with E-state index in [-0.39, 0.29) is 13.3 Å². The molecule has 1 unspecified atom stereocenters. The van der Waals surface area contributed by atoms with Crippen molar-refractivity contribution in [3.8, 4) is 11.1 Å². The summed E-state index contributed by atoms with van der Waals surface area (Å²) in [4.78, 5) is 11.7. The summed E-state index contributed by atoms with van der Waals surface area (Å²) in [6, 6.07) is 13.3. The Hall–Kier alpha value is -1.47. The molecule has 3 nitrogen and oxygen atoms in total. The molecule has 0 aromatic heterocycles. The highest BCUT2D eigenvalue weighted by molar-refractivity contribution is 14.1. The number of benzene rings is 2. The molecule has 0 saturated heterocycles. The molecule has 23 heavy (non-hydrogen) atoms. The van der Waals surface area contributed by atoms with Crippen LogP contribution in [0.1, 0.15) is 17.0 Å². The Morgan fingerprint density at radius 3 is 2.61 bits per heavy atom. The third kappa shape index (κ3) is 4.29. The van der Waals surface area contributed by atoms with Crippen molar-refractivity contribution in [2.75, 3.05) is 20.4 Å². The lowest BCUT2D eigenvalue weighted by atomic mass is 9.95. The molecule has 0 spiro atoms. The maximum atomic E-state index is 12.5. The van der Waals surface area contributed by atoms with E-state index < -0.39 is 11.9 Å². The molecule has 0 bridgehead atoms. The second-order valence-corrected chi connectivity index (χ2v) is 6.29. The lowest BCUT2D eigenvalue weighted by Gasteiger charge is -2.14. The Labute approximate surface area is 148 Å². The smallest absolute Gasteiger partial charge is 0.315 e. The van der Waals surface area contributed by atoms with Gasteiger partial charge in [0.25, 0.3) is 0 Å². The van der Waals surface area contributed by atoms with Crippen LogP contribution in [0.15, 0.2) is 42.5 Å². The third-order valence-corrected chi connectivity index (χ3v) is 4.71. The topological polar surface area (TPSA) is 46.5 Å². The van der Waals surface area contributed by atoms with Crippen molar-refractivity contribution in [1.82, 2.24) is 0 Å². The highest BCUT2D eigenvalue weighted by atomic mass is 127. The van der Waals surface area contributed by atoms with Crippen LogP contribution in [-0.2, 0) is 16.0 Å². The van der Waals surface area contributed by atoms with Crippen LogP contribution in [0.2, 0.25) is 0 Å². The predicted molar refractivity (Wildman–Crippen MR) is 96.1 cm³/mol. The molecular weight excluding hydrogens is 410 g/mol. The molecule has 122 valence electrons. The Kier molecular flexibility index (Phi) is 6.53. The van der Waals surface area contributed by atoms with Crippen LogP contribution >= 0.6 is 22.6 Å². The maximum absolute atomic E-state index is 12.5. The summed E-state index contributed by atoms with van der Waals surface area (Å²) in [7, 11) is 1.31. The number of rotatable bonds is 6. The zero-order valence-corrected chi connectivity index (χ0v) is 14.9. The van der Waals surface area contributed by atoms with Gasteiger partial charge in [0.05, 0.1) is 20.4 Å². The lowest BCUT2D eigenvalue weighted by molar-refractivity contribution is -0.143. The predicted octanol–water partition coefficient (Wildman–Crippen LogP) is 3.72. The first-order valence-electron chi connectivity index (χ1n) is 7.24. The molecule has 2 aromatic rings. The van der Waals surface area contributed by atoms with Crippen LogP contribution < -0.4 is 0 Å². The second kappa shape index (κ2) is 8.40. The molecule has 0 saturated carbocycles. The van der Waals surface area contributed by atoms with Crippen molar-refractivity contribution in [3.63, 3.8) is 0 Å². The Morgan fingerprint density at radius 1 is 1.26 bits per heavy atom. The van der Waals surface area contributed by atoms with E-state index in [2.05, 4.69) is 22.6 Å². The van der Waals surface area contributed by atoms with Crippen LogP contribution in [0.4, 0.5) is 4.39 Å². The van der Waals surface area contributed by atoms with Gasteiger partial charge in [-0.1, -0.05) is 36.4 Å². The number of aryl methyl sites for hydroxylation is 1. The maximum Gasteiger partial charge on any atom is 0.315 e. The zero-order valence-electron chi connectivity index (χ0n) is 12.8. The number of methoxy groups -OCH3 is 1. The number of aliphatic hydroxyl groups excluding tert-OH is 1. The van der Waals surface area contributed by atoms with Gasteiger partial charge in [-0.2, -0.15) is 0 Å². The Balaban J connectivity index is 2.36. The monoisotopic (exact) mass is 428 g/mol. The summed E-state index contributed by atoms with van der Waals surface area (Å²) in [6.45, 7) is -0.675. The van der Waals surface area contributed by atoms with Crippen LogP contribution in [-0.4, -0.2) is 31.5 Å². The molecule has 2 rings (SSSR count). The first-order valence-corrected chi connectivity index (χ1v) is 8.32. The average Bonchev–Trinajstić information content (AvgIpc) is 2.57. The van der Waals surface area contributed by atoms with Crippen LogP contribution in [0.3, 0.4) is 0 Å². The van der Waals surface area contributed by atoms with Crippen molar-refractivity contribution in [2.45, 2.75) is 12.3 Å². The van der Waals surface area contributed by atoms with Gasteiger partial charge in [0.2, 0.25) is 0 Å². The minimum absolute atomic E-state index is 0.302. The van der Waals surface area contributed by atoms with Gasteiger partial charge in [-0.15, -0.1) is 0 Å². The average molecular weight is 428 g/mol. The standard InChI is InChI=1S/C18H18FIO3/c1-23-18(22)16(11-21)15-4-2-3-13(9-15)14-6-5-12(7-8-19)17(20)10-14/h2-6,9-10,16,21H,7-8,11H2,1H3. The summed E-state index contributed by atoms with van der Waals surface area (Å²) in [5, 5.41) is 9.44. The van der Waals surface area contributed by atoms with Gasteiger partial charge in [0, 0.05) is 9.99 Å². The Morgan fingerprint density at radius 2 is 2.00 bits per heavy atom.